The molecule has 5 aromatic rings. The summed E-state index contributed by atoms with van der Waals surface area (Å²) in [6.45, 7) is 2.02. The van der Waals surface area contributed by atoms with E-state index < -0.39 is 15.3 Å². The van der Waals surface area contributed by atoms with E-state index in [0.29, 0.717) is 29.7 Å². The van der Waals surface area contributed by atoms with Gasteiger partial charge < -0.3 is 10.6 Å². The number of hydrogen-bond donors (Lipinski definition) is 2. The second kappa shape index (κ2) is 9.44. The molecule has 42 heavy (non-hydrogen) atoms. The summed E-state index contributed by atoms with van der Waals surface area (Å²) < 4.78 is 27.8. The number of amides is 1. The third-order valence-electron chi connectivity index (χ3n) is 8.57. The number of benzene rings is 1. The Kier molecular flexibility index (Phi) is 5.91. The van der Waals surface area contributed by atoms with Crippen molar-refractivity contribution >= 4 is 27.2 Å². The Morgan fingerprint density at radius 2 is 1.76 bits per heavy atom. The van der Waals surface area contributed by atoms with Crippen LogP contribution in [0.5, 0.6) is 0 Å². The van der Waals surface area contributed by atoms with Crippen molar-refractivity contribution in [2.45, 2.75) is 55.0 Å². The molecule has 1 aromatic carbocycles. The molecule has 2 fully saturated rings. The van der Waals surface area contributed by atoms with Gasteiger partial charge in [-0.05, 0) is 31.7 Å². The fourth-order valence-corrected chi connectivity index (χ4v) is 7.86. The van der Waals surface area contributed by atoms with Crippen molar-refractivity contribution in [3.63, 3.8) is 0 Å². The highest BCUT2D eigenvalue weighted by atomic mass is 32.2. The molecule has 0 spiro atoms. The number of rotatable bonds is 5. The van der Waals surface area contributed by atoms with E-state index >= 15 is 0 Å². The Labute approximate surface area is 241 Å². The SMILES string of the molecule is CC1(c2nc3c(-c4ccc(-c5ccccc5)nc4)cnn3c(N)c2S(C)(=O)=O)CC2CCC(C1)N2C(=O)c1ncn[nH]1. The van der Waals surface area contributed by atoms with Gasteiger partial charge >= 0.3 is 0 Å². The van der Waals surface area contributed by atoms with Gasteiger partial charge in [-0.2, -0.15) is 14.7 Å². The van der Waals surface area contributed by atoms with Gasteiger partial charge in [-0.1, -0.05) is 43.3 Å². The summed E-state index contributed by atoms with van der Waals surface area (Å²) in [7, 11) is -3.78. The van der Waals surface area contributed by atoms with Gasteiger partial charge in [0.1, 0.15) is 17.0 Å². The molecule has 2 bridgehead atoms. The van der Waals surface area contributed by atoms with Gasteiger partial charge in [-0.15, -0.1) is 0 Å². The van der Waals surface area contributed by atoms with Gasteiger partial charge in [0.2, 0.25) is 5.82 Å². The zero-order valence-electron chi connectivity index (χ0n) is 23.1. The number of H-pyrrole nitrogens is 1. The highest BCUT2D eigenvalue weighted by Crippen LogP contribution is 2.49. The molecule has 2 aliphatic rings. The molecular formula is C29H29N9O3S. The molecule has 1 amide bonds. The van der Waals surface area contributed by atoms with Crippen molar-refractivity contribution in [2.24, 2.45) is 0 Å². The van der Waals surface area contributed by atoms with Crippen molar-refractivity contribution in [1.29, 1.82) is 0 Å². The van der Waals surface area contributed by atoms with E-state index in [9.17, 15) is 13.2 Å². The maximum absolute atomic E-state index is 13.2. The van der Waals surface area contributed by atoms with Crippen LogP contribution < -0.4 is 5.73 Å². The van der Waals surface area contributed by atoms with Crippen LogP contribution in [0, 0.1) is 0 Å². The maximum atomic E-state index is 13.2. The minimum Gasteiger partial charge on any atom is -0.382 e. The predicted octanol–water partition coefficient (Wildman–Crippen LogP) is 3.29. The molecule has 0 radical (unpaired) electrons. The van der Waals surface area contributed by atoms with Crippen LogP contribution in [0.15, 0.2) is 66.1 Å². The van der Waals surface area contributed by atoms with E-state index in [-0.39, 0.29) is 34.5 Å². The number of nitrogen functional groups attached to an aromatic ring is 1. The lowest BCUT2D eigenvalue weighted by Gasteiger charge is -2.44. The first-order valence-electron chi connectivity index (χ1n) is 13.7. The van der Waals surface area contributed by atoms with Crippen LogP contribution in [-0.4, -0.2) is 72.3 Å². The number of carbonyl (C=O) groups is 1. The summed E-state index contributed by atoms with van der Waals surface area (Å²) in [6.07, 6.45) is 8.54. The zero-order valence-corrected chi connectivity index (χ0v) is 23.9. The van der Waals surface area contributed by atoms with Gasteiger partial charge in [-0.25, -0.2) is 18.4 Å². The first-order chi connectivity index (χ1) is 20.1. The highest BCUT2D eigenvalue weighted by molar-refractivity contribution is 7.91. The molecule has 2 atom stereocenters. The van der Waals surface area contributed by atoms with Crippen LogP contribution in [0.3, 0.4) is 0 Å². The fourth-order valence-electron chi connectivity index (χ4n) is 6.75. The predicted molar refractivity (Wildman–Crippen MR) is 155 cm³/mol. The number of sulfone groups is 1. The number of pyridine rings is 1. The number of aromatic nitrogens is 7. The monoisotopic (exact) mass is 583 g/mol. The number of nitrogens with one attached hydrogen (secondary N) is 1. The van der Waals surface area contributed by atoms with Crippen LogP contribution in [0.25, 0.3) is 28.0 Å². The summed E-state index contributed by atoms with van der Waals surface area (Å²) >= 11 is 0. The minimum absolute atomic E-state index is 0.0147. The first kappa shape index (κ1) is 26.3. The third-order valence-corrected chi connectivity index (χ3v) is 9.71. The number of aromatic amines is 1. The molecule has 12 nitrogen and oxygen atoms in total. The van der Waals surface area contributed by atoms with E-state index in [2.05, 4.69) is 25.3 Å². The van der Waals surface area contributed by atoms with Gasteiger partial charge in [-0.3, -0.25) is 14.9 Å². The summed E-state index contributed by atoms with van der Waals surface area (Å²) in [5.74, 6) is 0.0242. The molecule has 6 heterocycles. The van der Waals surface area contributed by atoms with Crippen molar-refractivity contribution < 1.29 is 13.2 Å². The Morgan fingerprint density at radius 3 is 2.38 bits per heavy atom. The number of anilines is 1. The van der Waals surface area contributed by atoms with E-state index in [1.54, 1.807) is 12.4 Å². The van der Waals surface area contributed by atoms with E-state index in [1.807, 2.05) is 54.3 Å². The minimum atomic E-state index is -3.78. The Hall–Kier alpha value is -4.65. The maximum Gasteiger partial charge on any atom is 0.291 e. The summed E-state index contributed by atoms with van der Waals surface area (Å²) in [5, 5.41) is 10.9. The second-order valence-corrected chi connectivity index (χ2v) is 13.4. The lowest BCUT2D eigenvalue weighted by molar-refractivity contribution is 0.0474. The van der Waals surface area contributed by atoms with Gasteiger partial charge in [0.25, 0.3) is 5.91 Å². The number of nitrogens with two attached hydrogens (primary N) is 1. The van der Waals surface area contributed by atoms with Gasteiger partial charge in [0.15, 0.2) is 15.5 Å². The van der Waals surface area contributed by atoms with Crippen molar-refractivity contribution in [1.82, 2.24) is 39.7 Å². The van der Waals surface area contributed by atoms with Crippen LogP contribution in [-0.2, 0) is 15.3 Å². The summed E-state index contributed by atoms with van der Waals surface area (Å²) in [5.41, 5.74) is 10.1. The molecule has 0 aliphatic carbocycles. The molecule has 2 unspecified atom stereocenters. The molecule has 4 aromatic heterocycles. The lowest BCUT2D eigenvalue weighted by Crippen LogP contribution is -2.51. The molecule has 2 saturated heterocycles. The van der Waals surface area contributed by atoms with E-state index in [4.69, 9.17) is 10.7 Å². The van der Waals surface area contributed by atoms with Gasteiger partial charge in [0, 0.05) is 46.6 Å². The third kappa shape index (κ3) is 4.14. The lowest BCUT2D eigenvalue weighted by atomic mass is 9.73. The standard InChI is InChI=1S/C29H29N9O3S/c1-29(12-19-9-10-20(13-29)37(19)28(39)26-32-16-33-36-26)24-23(42(2,40)41)25(30)38-27(35-24)21(15-34-38)18-8-11-22(31-14-18)17-6-4-3-5-7-17/h3-8,11,14-16,19-20H,9-10,12-13,30H2,1-2H3,(H,32,33,36). The Bertz CT molecular complexity index is 1910. The molecular weight excluding hydrogens is 554 g/mol. The van der Waals surface area contributed by atoms with Crippen LogP contribution in [0.2, 0.25) is 0 Å². The fraction of sp³-hybridized carbons (Fsp3) is 0.310. The van der Waals surface area contributed by atoms with Crippen molar-refractivity contribution in [3.8, 4) is 22.4 Å². The first-order valence-corrected chi connectivity index (χ1v) is 15.6. The summed E-state index contributed by atoms with van der Waals surface area (Å²) in [6, 6.07) is 13.6. The average Bonchev–Trinajstić information content (AvgIpc) is 3.72. The molecule has 13 heteroatoms. The van der Waals surface area contributed by atoms with Crippen LogP contribution >= 0.6 is 0 Å². The quantitative estimate of drug-likeness (QED) is 0.316. The smallest absolute Gasteiger partial charge is 0.291 e. The number of carbonyl (C=O) groups excluding carboxylic acids is 1. The molecule has 2 aliphatic heterocycles. The number of fused-ring (bicyclic) bond motifs is 3. The van der Waals surface area contributed by atoms with Crippen molar-refractivity contribution in [2.75, 3.05) is 12.0 Å². The van der Waals surface area contributed by atoms with Gasteiger partial charge in [0.05, 0.1) is 17.6 Å². The largest absolute Gasteiger partial charge is 0.382 e. The normalized spacial score (nSPS) is 22.1. The van der Waals surface area contributed by atoms with Crippen LogP contribution in [0.1, 0.15) is 48.9 Å². The number of nitrogens with zero attached hydrogens (tertiary/aromatic N) is 7. The van der Waals surface area contributed by atoms with Crippen molar-refractivity contribution in [3.05, 3.63) is 72.7 Å². The zero-order chi connectivity index (χ0) is 29.2. The average molecular weight is 584 g/mol. The van der Waals surface area contributed by atoms with Crippen LogP contribution in [0.4, 0.5) is 5.82 Å². The Morgan fingerprint density at radius 1 is 1.02 bits per heavy atom. The molecule has 214 valence electrons. The van der Waals surface area contributed by atoms with E-state index in [1.165, 1.54) is 10.8 Å². The molecule has 3 N–H and O–H groups in total. The van der Waals surface area contributed by atoms with E-state index in [0.717, 1.165) is 35.9 Å². The molecule has 7 rings (SSSR count). The number of hydrogen-bond acceptors (Lipinski definition) is 9. The Balaban J connectivity index is 1.32. The molecule has 0 saturated carbocycles. The second-order valence-electron chi connectivity index (χ2n) is 11.4. The topological polar surface area (TPSA) is 165 Å². The number of piperidine rings is 1. The highest BCUT2D eigenvalue weighted by Gasteiger charge is 2.51. The summed E-state index contributed by atoms with van der Waals surface area (Å²) in [4.78, 5) is 28.8.